The smallest absolute Gasteiger partial charge is 0.251 e. The van der Waals surface area contributed by atoms with Gasteiger partial charge in [0.2, 0.25) is 0 Å². The monoisotopic (exact) mass is 365 g/mol. The van der Waals surface area contributed by atoms with Crippen LogP contribution >= 0.6 is 11.3 Å². The van der Waals surface area contributed by atoms with Crippen LogP contribution in [0.4, 0.5) is 0 Å². The van der Waals surface area contributed by atoms with E-state index in [0.29, 0.717) is 18.5 Å². The summed E-state index contributed by atoms with van der Waals surface area (Å²) in [4.78, 5) is 21.1. The molecule has 1 aromatic carbocycles. The van der Waals surface area contributed by atoms with Crippen molar-refractivity contribution >= 4 is 17.2 Å². The van der Waals surface area contributed by atoms with Crippen LogP contribution in [0, 0.1) is 0 Å². The number of hydrogen-bond donors (Lipinski definition) is 1. The van der Waals surface area contributed by atoms with Crippen LogP contribution in [0.2, 0.25) is 0 Å². The second kappa shape index (κ2) is 7.66. The molecule has 2 aromatic heterocycles. The van der Waals surface area contributed by atoms with Gasteiger partial charge in [0.25, 0.3) is 5.91 Å². The predicted molar refractivity (Wildman–Crippen MR) is 102 cm³/mol. The van der Waals surface area contributed by atoms with Crippen LogP contribution in [-0.4, -0.2) is 29.0 Å². The molecular weight excluding hydrogens is 346 g/mol. The number of carbonyl (C=O) groups excluding carboxylic acids is 1. The fraction of sp³-hybridized carbons (Fsp3) is 0.250. The SMILES string of the molecule is O=C(NCCc1csc(-c2cccnc2)n1)c1ccc2c(c1)CCCO2. The zero-order valence-corrected chi connectivity index (χ0v) is 15.1. The Morgan fingerprint density at radius 3 is 3.15 bits per heavy atom. The Bertz CT molecular complexity index is 908. The van der Waals surface area contributed by atoms with Gasteiger partial charge in [0.1, 0.15) is 10.8 Å². The molecule has 0 unspecified atom stereocenters. The fourth-order valence-electron chi connectivity index (χ4n) is 2.95. The number of pyridine rings is 1. The highest BCUT2D eigenvalue weighted by Crippen LogP contribution is 2.25. The number of aryl methyl sites for hydroxylation is 1. The number of hydrogen-bond acceptors (Lipinski definition) is 5. The molecule has 0 saturated carbocycles. The molecule has 0 fully saturated rings. The highest BCUT2D eigenvalue weighted by molar-refractivity contribution is 7.13. The molecule has 6 heteroatoms. The Morgan fingerprint density at radius 2 is 2.27 bits per heavy atom. The Kier molecular flexibility index (Phi) is 4.93. The average Bonchev–Trinajstić information content (AvgIpc) is 3.17. The van der Waals surface area contributed by atoms with Crippen molar-refractivity contribution in [1.82, 2.24) is 15.3 Å². The van der Waals surface area contributed by atoms with Crippen LogP contribution < -0.4 is 10.1 Å². The fourth-order valence-corrected chi connectivity index (χ4v) is 3.80. The Balaban J connectivity index is 1.33. The van der Waals surface area contributed by atoms with Crippen molar-refractivity contribution < 1.29 is 9.53 Å². The third-order valence-corrected chi connectivity index (χ3v) is 5.24. The van der Waals surface area contributed by atoms with E-state index in [0.717, 1.165) is 47.0 Å². The van der Waals surface area contributed by atoms with Gasteiger partial charge in [-0.1, -0.05) is 0 Å². The maximum atomic E-state index is 12.4. The summed E-state index contributed by atoms with van der Waals surface area (Å²) in [5, 5.41) is 5.96. The van der Waals surface area contributed by atoms with Crippen LogP contribution in [0.1, 0.15) is 28.0 Å². The van der Waals surface area contributed by atoms with Gasteiger partial charge in [-0.05, 0) is 48.7 Å². The van der Waals surface area contributed by atoms with Crippen LogP contribution in [-0.2, 0) is 12.8 Å². The van der Waals surface area contributed by atoms with Crippen LogP contribution in [0.5, 0.6) is 5.75 Å². The Morgan fingerprint density at radius 1 is 1.31 bits per heavy atom. The molecule has 1 aliphatic rings. The molecule has 0 bridgehead atoms. The molecule has 0 spiro atoms. The summed E-state index contributed by atoms with van der Waals surface area (Å²) >= 11 is 1.60. The highest BCUT2D eigenvalue weighted by Gasteiger charge is 2.13. The van der Waals surface area contributed by atoms with E-state index < -0.39 is 0 Å². The summed E-state index contributed by atoms with van der Waals surface area (Å²) in [7, 11) is 0. The minimum atomic E-state index is -0.0546. The second-order valence-electron chi connectivity index (χ2n) is 6.17. The summed E-state index contributed by atoms with van der Waals surface area (Å²) < 4.78 is 5.59. The van der Waals surface area contributed by atoms with Crippen LogP contribution in [0.3, 0.4) is 0 Å². The van der Waals surface area contributed by atoms with Gasteiger partial charge in [0, 0.05) is 41.9 Å². The lowest BCUT2D eigenvalue weighted by atomic mass is 10.0. The van der Waals surface area contributed by atoms with E-state index in [2.05, 4.69) is 15.3 Å². The first-order valence-electron chi connectivity index (χ1n) is 8.68. The second-order valence-corrected chi connectivity index (χ2v) is 7.02. The lowest BCUT2D eigenvalue weighted by Gasteiger charge is -2.17. The van der Waals surface area contributed by atoms with E-state index in [9.17, 15) is 4.79 Å². The average molecular weight is 365 g/mol. The summed E-state index contributed by atoms with van der Waals surface area (Å²) in [6, 6.07) is 9.55. The third kappa shape index (κ3) is 3.75. The molecule has 1 amide bonds. The lowest BCUT2D eigenvalue weighted by molar-refractivity contribution is 0.0954. The molecule has 26 heavy (non-hydrogen) atoms. The van der Waals surface area contributed by atoms with Crippen LogP contribution in [0.15, 0.2) is 48.1 Å². The number of ether oxygens (including phenoxy) is 1. The normalized spacial score (nSPS) is 12.9. The maximum absolute atomic E-state index is 12.4. The van der Waals surface area contributed by atoms with Crippen molar-refractivity contribution in [2.75, 3.05) is 13.2 Å². The number of benzene rings is 1. The van der Waals surface area contributed by atoms with Crippen molar-refractivity contribution in [3.8, 4) is 16.3 Å². The van der Waals surface area contributed by atoms with E-state index in [1.54, 1.807) is 17.5 Å². The molecule has 0 saturated heterocycles. The van der Waals surface area contributed by atoms with Crippen molar-refractivity contribution in [3.05, 3.63) is 64.9 Å². The molecule has 3 aromatic rings. The van der Waals surface area contributed by atoms with Crippen molar-refractivity contribution in [2.24, 2.45) is 0 Å². The number of aromatic nitrogens is 2. The van der Waals surface area contributed by atoms with Crippen molar-refractivity contribution in [1.29, 1.82) is 0 Å². The first-order valence-corrected chi connectivity index (χ1v) is 9.56. The van der Waals surface area contributed by atoms with Gasteiger partial charge in [0.15, 0.2) is 0 Å². The number of nitrogens with zero attached hydrogens (tertiary/aromatic N) is 2. The minimum absolute atomic E-state index is 0.0546. The summed E-state index contributed by atoms with van der Waals surface area (Å²) in [5.74, 6) is 0.847. The number of nitrogens with one attached hydrogen (secondary N) is 1. The van der Waals surface area contributed by atoms with Gasteiger partial charge in [0.05, 0.1) is 12.3 Å². The van der Waals surface area contributed by atoms with E-state index in [-0.39, 0.29) is 5.91 Å². The maximum Gasteiger partial charge on any atom is 0.251 e. The summed E-state index contributed by atoms with van der Waals surface area (Å²) in [6.07, 6.45) is 6.23. The molecule has 4 rings (SSSR count). The van der Waals surface area contributed by atoms with Gasteiger partial charge in [-0.15, -0.1) is 11.3 Å². The molecule has 0 radical (unpaired) electrons. The number of carbonyl (C=O) groups is 1. The highest BCUT2D eigenvalue weighted by atomic mass is 32.1. The number of amides is 1. The van der Waals surface area contributed by atoms with Gasteiger partial charge >= 0.3 is 0 Å². The number of thiazole rings is 1. The zero-order valence-electron chi connectivity index (χ0n) is 14.3. The first kappa shape index (κ1) is 16.7. The van der Waals surface area contributed by atoms with Gasteiger partial charge in [-0.3, -0.25) is 9.78 Å². The number of rotatable bonds is 5. The minimum Gasteiger partial charge on any atom is -0.493 e. The summed E-state index contributed by atoms with van der Waals surface area (Å²) in [6.45, 7) is 1.32. The van der Waals surface area contributed by atoms with Crippen LogP contribution in [0.25, 0.3) is 10.6 Å². The largest absolute Gasteiger partial charge is 0.493 e. The summed E-state index contributed by atoms with van der Waals surface area (Å²) in [5.41, 5.74) is 3.80. The molecule has 0 atom stereocenters. The molecule has 1 N–H and O–H groups in total. The van der Waals surface area contributed by atoms with E-state index in [1.165, 1.54) is 0 Å². The van der Waals surface area contributed by atoms with Gasteiger partial charge in [-0.25, -0.2) is 4.98 Å². The Labute approximate surface area is 156 Å². The zero-order chi connectivity index (χ0) is 17.8. The molecule has 3 heterocycles. The Hall–Kier alpha value is -2.73. The van der Waals surface area contributed by atoms with E-state index in [4.69, 9.17) is 4.74 Å². The quantitative estimate of drug-likeness (QED) is 0.752. The van der Waals surface area contributed by atoms with E-state index in [1.807, 2.05) is 41.9 Å². The molecule has 5 nitrogen and oxygen atoms in total. The molecule has 0 aliphatic carbocycles. The van der Waals surface area contributed by atoms with Crippen molar-refractivity contribution in [2.45, 2.75) is 19.3 Å². The van der Waals surface area contributed by atoms with Crippen molar-refractivity contribution in [3.63, 3.8) is 0 Å². The standard InChI is InChI=1S/C20H19N3O2S/c24-19(15-5-6-18-14(11-15)4-2-10-25-18)22-9-7-17-13-26-20(23-17)16-3-1-8-21-12-16/h1,3,5-6,8,11-13H,2,4,7,9-10H2,(H,22,24). The topological polar surface area (TPSA) is 64.1 Å². The molecule has 1 aliphatic heterocycles. The number of fused-ring (bicyclic) bond motifs is 1. The van der Waals surface area contributed by atoms with E-state index >= 15 is 0 Å². The van der Waals surface area contributed by atoms with Gasteiger partial charge < -0.3 is 10.1 Å². The van der Waals surface area contributed by atoms with Gasteiger partial charge in [-0.2, -0.15) is 0 Å². The molecular formula is C20H19N3O2S. The predicted octanol–water partition coefficient (Wildman–Crippen LogP) is 3.50. The first-order chi connectivity index (χ1) is 12.8. The molecule has 132 valence electrons. The lowest BCUT2D eigenvalue weighted by Crippen LogP contribution is -2.26. The third-order valence-electron chi connectivity index (χ3n) is 4.30.